The SMILES string of the molecule is CCC.CCCc1cccc(Cl)c1. The van der Waals surface area contributed by atoms with E-state index < -0.39 is 0 Å². The molecule has 0 fully saturated rings. The van der Waals surface area contributed by atoms with Crippen molar-refractivity contribution in [1.82, 2.24) is 0 Å². The Balaban J connectivity index is 0.000000424. The van der Waals surface area contributed by atoms with E-state index in [2.05, 4.69) is 26.8 Å². The van der Waals surface area contributed by atoms with Crippen LogP contribution in [-0.2, 0) is 6.42 Å². The van der Waals surface area contributed by atoms with Gasteiger partial charge in [0.15, 0.2) is 0 Å². The highest BCUT2D eigenvalue weighted by molar-refractivity contribution is 6.30. The van der Waals surface area contributed by atoms with Gasteiger partial charge in [-0.25, -0.2) is 0 Å². The van der Waals surface area contributed by atoms with Gasteiger partial charge in [0, 0.05) is 5.02 Å². The number of hydrogen-bond donors (Lipinski definition) is 0. The first-order valence-corrected chi connectivity index (χ1v) is 5.36. The molecule has 1 rings (SSSR count). The third kappa shape index (κ3) is 6.65. The fourth-order valence-corrected chi connectivity index (χ4v) is 1.19. The maximum Gasteiger partial charge on any atom is 0.0408 e. The number of halogens is 1. The predicted molar refractivity (Wildman–Crippen MR) is 61.4 cm³/mol. The second-order valence-corrected chi connectivity index (χ2v) is 3.52. The summed E-state index contributed by atoms with van der Waals surface area (Å²) < 4.78 is 0. The van der Waals surface area contributed by atoms with Crippen molar-refractivity contribution < 1.29 is 0 Å². The van der Waals surface area contributed by atoms with E-state index in [-0.39, 0.29) is 0 Å². The fourth-order valence-electron chi connectivity index (χ4n) is 0.981. The van der Waals surface area contributed by atoms with E-state index >= 15 is 0 Å². The predicted octanol–water partition coefficient (Wildman–Crippen LogP) is 4.71. The van der Waals surface area contributed by atoms with Crippen LogP contribution in [0.3, 0.4) is 0 Å². The summed E-state index contributed by atoms with van der Waals surface area (Å²) >= 11 is 5.78. The molecule has 0 amide bonds. The molecule has 0 saturated carbocycles. The molecule has 0 aliphatic heterocycles. The fraction of sp³-hybridized carbons (Fsp3) is 0.500. The lowest BCUT2D eigenvalue weighted by atomic mass is 10.1. The van der Waals surface area contributed by atoms with Crippen molar-refractivity contribution in [1.29, 1.82) is 0 Å². The highest BCUT2D eigenvalue weighted by Crippen LogP contribution is 2.11. The van der Waals surface area contributed by atoms with Gasteiger partial charge in [-0.3, -0.25) is 0 Å². The summed E-state index contributed by atoms with van der Waals surface area (Å²) in [6, 6.07) is 8.02. The van der Waals surface area contributed by atoms with Gasteiger partial charge in [0.2, 0.25) is 0 Å². The molecule has 0 spiro atoms. The quantitative estimate of drug-likeness (QED) is 0.646. The standard InChI is InChI=1S/C9H11Cl.C3H8/c1-2-4-8-5-3-6-9(10)7-8;1-3-2/h3,5-7H,2,4H2,1H3;3H2,1-2H3. The Morgan fingerprint density at radius 1 is 1.15 bits per heavy atom. The molecule has 0 heterocycles. The van der Waals surface area contributed by atoms with Crippen LogP contribution in [0.4, 0.5) is 0 Å². The van der Waals surface area contributed by atoms with Gasteiger partial charge >= 0.3 is 0 Å². The Morgan fingerprint density at radius 2 is 1.77 bits per heavy atom. The van der Waals surface area contributed by atoms with Gasteiger partial charge in [-0.2, -0.15) is 0 Å². The molecule has 74 valence electrons. The zero-order chi connectivity index (χ0) is 10.1. The molecule has 1 aromatic rings. The second-order valence-electron chi connectivity index (χ2n) is 3.09. The minimum atomic E-state index is 0.839. The molecular formula is C12H19Cl. The molecule has 0 saturated heterocycles. The second kappa shape index (κ2) is 8.12. The highest BCUT2D eigenvalue weighted by Gasteiger charge is 1.90. The largest absolute Gasteiger partial charge is 0.0843 e. The lowest BCUT2D eigenvalue weighted by molar-refractivity contribution is 0.922. The molecule has 0 unspecified atom stereocenters. The molecule has 0 bridgehead atoms. The molecule has 0 atom stereocenters. The highest BCUT2D eigenvalue weighted by atomic mass is 35.5. The number of rotatable bonds is 2. The summed E-state index contributed by atoms with van der Waals surface area (Å²) in [7, 11) is 0. The van der Waals surface area contributed by atoms with Gasteiger partial charge in [0.05, 0.1) is 0 Å². The van der Waals surface area contributed by atoms with Gasteiger partial charge < -0.3 is 0 Å². The molecular weight excluding hydrogens is 180 g/mol. The molecule has 1 aromatic carbocycles. The molecule has 13 heavy (non-hydrogen) atoms. The van der Waals surface area contributed by atoms with Crippen LogP contribution in [0.2, 0.25) is 5.02 Å². The Morgan fingerprint density at radius 3 is 2.23 bits per heavy atom. The summed E-state index contributed by atoms with van der Waals surface area (Å²) in [5.74, 6) is 0. The first-order chi connectivity index (χ1) is 6.24. The maximum absolute atomic E-state index is 5.78. The zero-order valence-electron chi connectivity index (χ0n) is 8.81. The Bertz CT molecular complexity index is 218. The van der Waals surface area contributed by atoms with Crippen molar-refractivity contribution >= 4 is 11.6 Å². The van der Waals surface area contributed by atoms with Crippen molar-refractivity contribution in [2.45, 2.75) is 40.0 Å². The van der Waals surface area contributed by atoms with E-state index in [4.69, 9.17) is 11.6 Å². The Kier molecular flexibility index (Phi) is 7.82. The van der Waals surface area contributed by atoms with Crippen molar-refractivity contribution in [2.24, 2.45) is 0 Å². The number of benzene rings is 1. The van der Waals surface area contributed by atoms with Crippen LogP contribution >= 0.6 is 11.6 Å². The Labute approximate surface area is 86.9 Å². The normalized spacial score (nSPS) is 8.92. The minimum Gasteiger partial charge on any atom is -0.0843 e. The topological polar surface area (TPSA) is 0 Å². The van der Waals surface area contributed by atoms with Crippen LogP contribution in [0.5, 0.6) is 0 Å². The third-order valence-corrected chi connectivity index (χ3v) is 1.66. The minimum absolute atomic E-state index is 0.839. The maximum atomic E-state index is 5.78. The van der Waals surface area contributed by atoms with Crippen LogP contribution in [-0.4, -0.2) is 0 Å². The first-order valence-electron chi connectivity index (χ1n) is 4.99. The average molecular weight is 199 g/mol. The molecule has 0 aliphatic rings. The first kappa shape index (κ1) is 12.5. The van der Waals surface area contributed by atoms with Crippen LogP contribution in [0.15, 0.2) is 24.3 Å². The van der Waals surface area contributed by atoms with Crippen LogP contribution in [0.1, 0.15) is 39.2 Å². The van der Waals surface area contributed by atoms with Gasteiger partial charge in [-0.05, 0) is 24.1 Å². The lowest BCUT2D eigenvalue weighted by Crippen LogP contribution is -1.80. The van der Waals surface area contributed by atoms with Gasteiger partial charge in [0.1, 0.15) is 0 Å². The molecule has 0 radical (unpaired) electrons. The van der Waals surface area contributed by atoms with Crippen molar-refractivity contribution in [3.05, 3.63) is 34.9 Å². The van der Waals surface area contributed by atoms with Gasteiger partial charge in [0.25, 0.3) is 0 Å². The van der Waals surface area contributed by atoms with Crippen molar-refractivity contribution in [3.63, 3.8) is 0 Å². The van der Waals surface area contributed by atoms with E-state index in [1.807, 2.05) is 18.2 Å². The molecule has 1 heteroatoms. The van der Waals surface area contributed by atoms with Crippen molar-refractivity contribution in [2.75, 3.05) is 0 Å². The van der Waals surface area contributed by atoms with E-state index in [9.17, 15) is 0 Å². The van der Waals surface area contributed by atoms with Crippen LogP contribution in [0, 0.1) is 0 Å². The van der Waals surface area contributed by atoms with Crippen LogP contribution < -0.4 is 0 Å². The third-order valence-electron chi connectivity index (χ3n) is 1.43. The van der Waals surface area contributed by atoms with E-state index in [1.54, 1.807) is 0 Å². The lowest BCUT2D eigenvalue weighted by Gasteiger charge is -1.96. The van der Waals surface area contributed by atoms with E-state index in [0.29, 0.717) is 0 Å². The van der Waals surface area contributed by atoms with Gasteiger partial charge in [-0.1, -0.05) is 57.3 Å². The van der Waals surface area contributed by atoms with Crippen LogP contribution in [0.25, 0.3) is 0 Å². The van der Waals surface area contributed by atoms with E-state index in [1.165, 1.54) is 18.4 Å². The summed E-state index contributed by atoms with van der Waals surface area (Å²) in [6.45, 7) is 6.42. The molecule has 0 nitrogen and oxygen atoms in total. The molecule has 0 N–H and O–H groups in total. The van der Waals surface area contributed by atoms with Gasteiger partial charge in [-0.15, -0.1) is 0 Å². The summed E-state index contributed by atoms with van der Waals surface area (Å²) in [4.78, 5) is 0. The summed E-state index contributed by atoms with van der Waals surface area (Å²) in [6.07, 6.45) is 3.56. The zero-order valence-corrected chi connectivity index (χ0v) is 9.56. The van der Waals surface area contributed by atoms with E-state index in [0.717, 1.165) is 11.4 Å². The number of aryl methyl sites for hydroxylation is 1. The summed E-state index contributed by atoms with van der Waals surface area (Å²) in [5, 5.41) is 0.839. The molecule has 0 aromatic heterocycles. The monoisotopic (exact) mass is 198 g/mol. The smallest absolute Gasteiger partial charge is 0.0408 e. The van der Waals surface area contributed by atoms with Crippen molar-refractivity contribution in [3.8, 4) is 0 Å². The summed E-state index contributed by atoms with van der Waals surface area (Å²) in [5.41, 5.74) is 1.33. The average Bonchev–Trinajstić information content (AvgIpc) is 2.06. The molecule has 0 aliphatic carbocycles. The Hall–Kier alpha value is -0.490. The number of hydrogen-bond acceptors (Lipinski definition) is 0.